The summed E-state index contributed by atoms with van der Waals surface area (Å²) < 4.78 is 28.6. The van der Waals surface area contributed by atoms with Crippen molar-refractivity contribution in [1.82, 2.24) is 8.61 Å². The molecule has 2 N–H and O–H groups in total. The Labute approximate surface area is 110 Å². The van der Waals surface area contributed by atoms with Crippen molar-refractivity contribution >= 4 is 10.2 Å². The number of hydrogen-bond acceptors (Lipinski definition) is 3. The van der Waals surface area contributed by atoms with Crippen LogP contribution < -0.4 is 5.73 Å². The van der Waals surface area contributed by atoms with E-state index >= 15 is 0 Å². The van der Waals surface area contributed by atoms with Crippen LogP contribution in [0.1, 0.15) is 39.0 Å². The van der Waals surface area contributed by atoms with Crippen LogP contribution in [0.25, 0.3) is 0 Å². The van der Waals surface area contributed by atoms with Crippen molar-refractivity contribution in [3.8, 4) is 0 Å². The first-order chi connectivity index (χ1) is 8.55. The van der Waals surface area contributed by atoms with E-state index in [4.69, 9.17) is 5.73 Å². The number of rotatable bonds is 5. The van der Waals surface area contributed by atoms with Gasteiger partial charge in [-0.15, -0.1) is 0 Å². The van der Waals surface area contributed by atoms with E-state index in [9.17, 15) is 8.42 Å². The quantitative estimate of drug-likeness (QED) is 0.806. The van der Waals surface area contributed by atoms with Gasteiger partial charge in [-0.1, -0.05) is 13.3 Å². The van der Waals surface area contributed by atoms with Crippen LogP contribution in [-0.4, -0.2) is 49.2 Å². The maximum Gasteiger partial charge on any atom is 0.282 e. The van der Waals surface area contributed by atoms with Crippen molar-refractivity contribution < 1.29 is 8.42 Å². The van der Waals surface area contributed by atoms with Gasteiger partial charge in [0.05, 0.1) is 0 Å². The van der Waals surface area contributed by atoms with Crippen LogP contribution in [0.3, 0.4) is 0 Å². The van der Waals surface area contributed by atoms with Gasteiger partial charge in [0.25, 0.3) is 10.2 Å². The van der Waals surface area contributed by atoms with Gasteiger partial charge in [-0.3, -0.25) is 0 Å². The lowest BCUT2D eigenvalue weighted by Crippen LogP contribution is -2.54. The third kappa shape index (κ3) is 2.87. The second-order valence-corrected chi connectivity index (χ2v) is 7.48. The Morgan fingerprint density at radius 1 is 1.28 bits per heavy atom. The molecular weight excluding hydrogens is 250 g/mol. The zero-order chi connectivity index (χ0) is 13.2. The summed E-state index contributed by atoms with van der Waals surface area (Å²) in [6, 6.07) is 0.191. The van der Waals surface area contributed by atoms with E-state index in [1.165, 1.54) is 0 Å². The molecule has 0 radical (unpaired) electrons. The monoisotopic (exact) mass is 275 g/mol. The van der Waals surface area contributed by atoms with Crippen LogP contribution >= 0.6 is 0 Å². The number of nitrogens with two attached hydrogens (primary N) is 1. The van der Waals surface area contributed by atoms with Crippen molar-refractivity contribution in [2.45, 2.75) is 45.1 Å². The summed E-state index contributed by atoms with van der Waals surface area (Å²) in [6.45, 7) is 4.31. The van der Waals surface area contributed by atoms with Gasteiger partial charge in [0, 0.05) is 32.2 Å². The van der Waals surface area contributed by atoms with Crippen molar-refractivity contribution in [2.75, 3.05) is 26.2 Å². The summed E-state index contributed by atoms with van der Waals surface area (Å²) in [7, 11) is -3.29. The summed E-state index contributed by atoms with van der Waals surface area (Å²) in [6.07, 6.45) is 5.22. The second-order valence-electron chi connectivity index (χ2n) is 5.60. The molecule has 0 spiro atoms. The van der Waals surface area contributed by atoms with Crippen LogP contribution in [0.5, 0.6) is 0 Å². The summed E-state index contributed by atoms with van der Waals surface area (Å²) in [5.74, 6) is 0.467. The van der Waals surface area contributed by atoms with Gasteiger partial charge in [0.2, 0.25) is 0 Å². The first-order valence-corrected chi connectivity index (χ1v) is 8.42. The average molecular weight is 275 g/mol. The molecule has 0 aromatic rings. The standard InChI is InChI=1S/C12H25N3O2S/c1-11-4-3-8-14(10-11)18(16,17)15(9-7-13)12-5-2-6-12/h11-12H,2-10,13H2,1H3. The van der Waals surface area contributed by atoms with Gasteiger partial charge in [-0.2, -0.15) is 17.0 Å². The number of piperidine rings is 1. The van der Waals surface area contributed by atoms with E-state index in [1.54, 1.807) is 8.61 Å². The molecule has 0 aromatic carbocycles. The van der Waals surface area contributed by atoms with Gasteiger partial charge in [0.1, 0.15) is 0 Å². The molecule has 1 saturated carbocycles. The molecule has 1 heterocycles. The first-order valence-electron chi connectivity index (χ1n) is 7.02. The highest BCUT2D eigenvalue weighted by molar-refractivity contribution is 7.86. The van der Waals surface area contributed by atoms with Gasteiger partial charge in [0.15, 0.2) is 0 Å². The topological polar surface area (TPSA) is 66.6 Å². The smallest absolute Gasteiger partial charge is 0.282 e. The van der Waals surface area contributed by atoms with E-state index in [1.807, 2.05) is 0 Å². The van der Waals surface area contributed by atoms with Crippen LogP contribution in [0.4, 0.5) is 0 Å². The molecule has 5 nitrogen and oxygen atoms in total. The Bertz CT molecular complexity index is 368. The molecule has 18 heavy (non-hydrogen) atoms. The van der Waals surface area contributed by atoms with Gasteiger partial charge in [-0.05, 0) is 31.6 Å². The lowest BCUT2D eigenvalue weighted by atomic mass is 9.93. The lowest BCUT2D eigenvalue weighted by molar-refractivity contribution is 0.193. The summed E-state index contributed by atoms with van der Waals surface area (Å²) >= 11 is 0. The van der Waals surface area contributed by atoms with Gasteiger partial charge >= 0.3 is 0 Å². The minimum absolute atomic E-state index is 0.191. The second kappa shape index (κ2) is 5.86. The first kappa shape index (κ1) is 14.2. The van der Waals surface area contributed by atoms with Gasteiger partial charge < -0.3 is 5.73 Å². The predicted molar refractivity (Wildman–Crippen MR) is 72.3 cm³/mol. The van der Waals surface area contributed by atoms with Crippen molar-refractivity contribution in [3.05, 3.63) is 0 Å². The van der Waals surface area contributed by atoms with Crippen molar-refractivity contribution in [3.63, 3.8) is 0 Å². The zero-order valence-corrected chi connectivity index (χ0v) is 12.0. The maximum absolute atomic E-state index is 12.7. The Morgan fingerprint density at radius 3 is 2.50 bits per heavy atom. The molecule has 1 aliphatic heterocycles. The largest absolute Gasteiger partial charge is 0.329 e. The molecule has 2 rings (SSSR count). The minimum Gasteiger partial charge on any atom is -0.329 e. The molecule has 1 aliphatic carbocycles. The average Bonchev–Trinajstić information content (AvgIpc) is 2.26. The Balaban J connectivity index is 2.10. The number of hydrogen-bond donors (Lipinski definition) is 1. The molecule has 106 valence electrons. The van der Waals surface area contributed by atoms with E-state index in [-0.39, 0.29) is 6.04 Å². The maximum atomic E-state index is 12.7. The van der Waals surface area contributed by atoms with Crippen LogP contribution in [0.2, 0.25) is 0 Å². The molecule has 1 unspecified atom stereocenters. The molecule has 0 amide bonds. The third-order valence-electron chi connectivity index (χ3n) is 4.07. The zero-order valence-electron chi connectivity index (χ0n) is 11.2. The Hall–Kier alpha value is -0.170. The van der Waals surface area contributed by atoms with Crippen LogP contribution in [0, 0.1) is 5.92 Å². The van der Waals surface area contributed by atoms with E-state index in [0.29, 0.717) is 32.1 Å². The van der Waals surface area contributed by atoms with Crippen molar-refractivity contribution in [1.29, 1.82) is 0 Å². The summed E-state index contributed by atoms with van der Waals surface area (Å²) in [5, 5.41) is 0. The normalized spacial score (nSPS) is 27.4. The number of nitrogens with zero attached hydrogens (tertiary/aromatic N) is 2. The SMILES string of the molecule is CC1CCCN(S(=O)(=O)N(CCN)C2CCC2)C1. The van der Waals surface area contributed by atoms with E-state index in [2.05, 4.69) is 6.92 Å². The van der Waals surface area contributed by atoms with E-state index < -0.39 is 10.2 Å². The highest BCUT2D eigenvalue weighted by Gasteiger charge is 2.38. The molecule has 0 aromatic heterocycles. The molecule has 1 saturated heterocycles. The molecule has 0 bridgehead atoms. The van der Waals surface area contributed by atoms with E-state index in [0.717, 1.165) is 32.1 Å². The molecule has 6 heteroatoms. The van der Waals surface area contributed by atoms with Crippen LogP contribution in [-0.2, 0) is 10.2 Å². The third-order valence-corrected chi connectivity index (χ3v) is 6.13. The Morgan fingerprint density at radius 2 is 2.00 bits per heavy atom. The lowest BCUT2D eigenvalue weighted by Gasteiger charge is -2.41. The highest BCUT2D eigenvalue weighted by Crippen LogP contribution is 2.29. The van der Waals surface area contributed by atoms with Crippen molar-refractivity contribution in [2.24, 2.45) is 11.7 Å². The fraction of sp³-hybridized carbons (Fsp3) is 1.00. The fourth-order valence-electron chi connectivity index (χ4n) is 2.79. The predicted octanol–water partition coefficient (Wildman–Crippen LogP) is 0.776. The molecule has 2 fully saturated rings. The highest BCUT2D eigenvalue weighted by atomic mass is 32.2. The molecule has 1 atom stereocenters. The van der Waals surface area contributed by atoms with Crippen LogP contribution in [0.15, 0.2) is 0 Å². The minimum atomic E-state index is -3.29. The summed E-state index contributed by atoms with van der Waals surface area (Å²) in [4.78, 5) is 0. The van der Waals surface area contributed by atoms with Gasteiger partial charge in [-0.25, -0.2) is 0 Å². The Kier molecular flexibility index (Phi) is 4.64. The molecular formula is C12H25N3O2S. The summed E-state index contributed by atoms with van der Waals surface area (Å²) in [5.41, 5.74) is 5.57. The molecule has 2 aliphatic rings. The fourth-order valence-corrected chi connectivity index (χ4v) is 4.82.